The molecule has 2 aromatic carbocycles. The fraction of sp³-hybridized carbons (Fsp3) is 0.318. The zero-order valence-corrected chi connectivity index (χ0v) is 19.3. The molecule has 2 atom stereocenters. The van der Waals surface area contributed by atoms with E-state index >= 15 is 0 Å². The third-order valence-corrected chi connectivity index (χ3v) is 6.73. The van der Waals surface area contributed by atoms with Crippen molar-refractivity contribution < 1.29 is 31.9 Å². The quantitative estimate of drug-likeness (QED) is 0.615. The predicted molar refractivity (Wildman–Crippen MR) is 118 cm³/mol. The first kappa shape index (κ1) is 24.3. The number of hydrogen-bond donors (Lipinski definition) is 2. The summed E-state index contributed by atoms with van der Waals surface area (Å²) in [4.78, 5) is 39.3. The van der Waals surface area contributed by atoms with E-state index in [2.05, 4.69) is 10.0 Å². The third kappa shape index (κ3) is 4.88. The minimum Gasteiger partial charge on any atom is -0.451 e. The highest BCUT2D eigenvalue weighted by atomic mass is 32.2. The highest BCUT2D eigenvalue weighted by Gasteiger charge is 2.45. The Labute approximate surface area is 191 Å². The molecule has 3 rings (SSSR count). The van der Waals surface area contributed by atoms with Crippen molar-refractivity contribution in [3.05, 3.63) is 54.3 Å². The number of anilines is 2. The first-order valence-electron chi connectivity index (χ1n) is 10.1. The monoisotopic (exact) mass is 477 g/mol. The maximum absolute atomic E-state index is 13.2. The number of esters is 1. The second-order valence-corrected chi connectivity index (χ2v) is 9.79. The molecule has 0 saturated heterocycles. The summed E-state index contributed by atoms with van der Waals surface area (Å²) in [6, 6.07) is 9.45. The maximum atomic E-state index is 13.2. The first-order valence-corrected chi connectivity index (χ1v) is 11.6. The van der Waals surface area contributed by atoms with Crippen molar-refractivity contribution in [3.8, 4) is 0 Å². The number of benzene rings is 2. The molecule has 33 heavy (non-hydrogen) atoms. The van der Waals surface area contributed by atoms with Gasteiger partial charge in [-0.1, -0.05) is 12.1 Å². The largest absolute Gasteiger partial charge is 0.451 e. The molecule has 176 valence electrons. The number of sulfonamides is 1. The molecule has 0 bridgehead atoms. The summed E-state index contributed by atoms with van der Waals surface area (Å²) in [6.45, 7) is 5.72. The summed E-state index contributed by atoms with van der Waals surface area (Å²) in [7, 11) is -4.13. The molecule has 1 aliphatic rings. The summed E-state index contributed by atoms with van der Waals surface area (Å²) in [5.74, 6) is -2.66. The molecule has 0 radical (unpaired) electrons. The number of carbonyl (C=O) groups is 3. The van der Waals surface area contributed by atoms with E-state index in [4.69, 9.17) is 4.74 Å². The molecule has 0 aliphatic carbocycles. The Morgan fingerprint density at radius 3 is 2.33 bits per heavy atom. The Kier molecular flexibility index (Phi) is 6.57. The van der Waals surface area contributed by atoms with Crippen molar-refractivity contribution in [2.75, 3.05) is 10.2 Å². The number of ether oxygens (including phenoxy) is 1. The van der Waals surface area contributed by atoms with E-state index in [1.54, 1.807) is 38.1 Å². The normalized spacial score (nSPS) is 16.9. The number of carbonyl (C=O) groups excluding carboxylic acids is 3. The zero-order chi connectivity index (χ0) is 24.6. The van der Waals surface area contributed by atoms with Crippen LogP contribution in [0.2, 0.25) is 0 Å². The smallest absolute Gasteiger partial charge is 0.324 e. The number of rotatable bonds is 6. The van der Waals surface area contributed by atoms with Gasteiger partial charge in [0.15, 0.2) is 6.10 Å². The SMILES string of the molecule is C[C@@H](NS(=O)(=O)c1ccc(F)cc1)C(=O)O[C@H](C)C(=O)N1c2ccccc2NC(=O)C1(C)C. The summed E-state index contributed by atoms with van der Waals surface area (Å²) in [6.07, 6.45) is -1.31. The van der Waals surface area contributed by atoms with Crippen molar-refractivity contribution in [2.24, 2.45) is 0 Å². The van der Waals surface area contributed by atoms with Crippen molar-refractivity contribution in [1.29, 1.82) is 0 Å². The molecule has 0 saturated carbocycles. The molecule has 11 heteroatoms. The number of halogens is 1. The van der Waals surface area contributed by atoms with Gasteiger partial charge in [-0.25, -0.2) is 12.8 Å². The lowest BCUT2D eigenvalue weighted by molar-refractivity contribution is -0.155. The second-order valence-electron chi connectivity index (χ2n) is 8.08. The lowest BCUT2D eigenvalue weighted by Crippen LogP contribution is -2.60. The van der Waals surface area contributed by atoms with Gasteiger partial charge in [0.05, 0.1) is 16.3 Å². The summed E-state index contributed by atoms with van der Waals surface area (Å²) in [5.41, 5.74) is -0.379. The standard InChI is InChI=1S/C22H24FN3O6S/c1-13(25-33(30,31)16-11-9-15(23)10-12-16)20(28)32-14(2)19(27)26-18-8-6-5-7-17(18)24-21(29)22(26,3)4/h5-14,25H,1-4H3,(H,24,29)/t13-,14-/m1/s1. The van der Waals surface area contributed by atoms with E-state index in [1.807, 2.05) is 0 Å². The van der Waals surface area contributed by atoms with E-state index in [0.29, 0.717) is 11.4 Å². The van der Waals surface area contributed by atoms with Crippen LogP contribution in [0.15, 0.2) is 53.4 Å². The van der Waals surface area contributed by atoms with Gasteiger partial charge in [0.1, 0.15) is 17.4 Å². The van der Waals surface area contributed by atoms with Gasteiger partial charge in [-0.2, -0.15) is 4.72 Å². The first-order chi connectivity index (χ1) is 15.3. The fourth-order valence-electron chi connectivity index (χ4n) is 3.32. The molecule has 0 fully saturated rings. The van der Waals surface area contributed by atoms with Crippen LogP contribution in [0.5, 0.6) is 0 Å². The van der Waals surface area contributed by atoms with Crippen molar-refractivity contribution >= 4 is 39.2 Å². The van der Waals surface area contributed by atoms with Crippen molar-refractivity contribution in [3.63, 3.8) is 0 Å². The molecule has 2 amide bonds. The van der Waals surface area contributed by atoms with Gasteiger partial charge in [-0.05, 0) is 64.1 Å². The average Bonchev–Trinajstić information content (AvgIpc) is 2.74. The minimum absolute atomic E-state index is 0.231. The number of nitrogens with one attached hydrogen (secondary N) is 2. The van der Waals surface area contributed by atoms with E-state index in [0.717, 1.165) is 24.3 Å². The van der Waals surface area contributed by atoms with Crippen molar-refractivity contribution in [1.82, 2.24) is 4.72 Å². The lowest BCUT2D eigenvalue weighted by Gasteiger charge is -2.42. The van der Waals surface area contributed by atoms with Gasteiger partial charge in [0.25, 0.3) is 5.91 Å². The van der Waals surface area contributed by atoms with Gasteiger partial charge in [-0.15, -0.1) is 0 Å². The molecule has 2 aromatic rings. The number of nitrogens with zero attached hydrogens (tertiary/aromatic N) is 1. The predicted octanol–water partition coefficient (Wildman–Crippen LogP) is 2.19. The number of fused-ring (bicyclic) bond motifs is 1. The molecule has 0 unspecified atom stereocenters. The van der Waals surface area contributed by atoms with Gasteiger partial charge in [-0.3, -0.25) is 19.3 Å². The number of hydrogen-bond acceptors (Lipinski definition) is 6. The van der Waals surface area contributed by atoms with E-state index in [9.17, 15) is 27.2 Å². The topological polar surface area (TPSA) is 122 Å². The fourth-order valence-corrected chi connectivity index (χ4v) is 4.51. The molecule has 1 heterocycles. The van der Waals surface area contributed by atoms with Gasteiger partial charge < -0.3 is 10.1 Å². The van der Waals surface area contributed by atoms with Crippen LogP contribution in [-0.2, 0) is 29.1 Å². The van der Waals surface area contributed by atoms with Gasteiger partial charge >= 0.3 is 5.97 Å². The van der Waals surface area contributed by atoms with Crippen molar-refractivity contribution in [2.45, 2.75) is 50.3 Å². The Morgan fingerprint density at radius 1 is 1.09 bits per heavy atom. The average molecular weight is 478 g/mol. The Morgan fingerprint density at radius 2 is 1.70 bits per heavy atom. The van der Waals surface area contributed by atoms with E-state index in [1.165, 1.54) is 18.7 Å². The van der Waals surface area contributed by atoms with Crippen LogP contribution in [0.25, 0.3) is 0 Å². The number of para-hydroxylation sites is 2. The van der Waals surface area contributed by atoms with Crippen LogP contribution >= 0.6 is 0 Å². The van der Waals surface area contributed by atoms with Gasteiger partial charge in [0.2, 0.25) is 15.9 Å². The zero-order valence-electron chi connectivity index (χ0n) is 18.5. The lowest BCUT2D eigenvalue weighted by atomic mass is 9.95. The Balaban J connectivity index is 1.74. The summed E-state index contributed by atoms with van der Waals surface area (Å²) < 4.78 is 45.3. The molecule has 2 N–H and O–H groups in total. The summed E-state index contributed by atoms with van der Waals surface area (Å²) in [5, 5.41) is 2.74. The molecular weight excluding hydrogens is 453 g/mol. The molecule has 1 aliphatic heterocycles. The van der Waals surface area contributed by atoms with Crippen LogP contribution in [0.1, 0.15) is 27.7 Å². The highest BCUT2D eigenvalue weighted by molar-refractivity contribution is 7.89. The van der Waals surface area contributed by atoms with Crippen LogP contribution in [-0.4, -0.2) is 43.9 Å². The summed E-state index contributed by atoms with van der Waals surface area (Å²) >= 11 is 0. The third-order valence-electron chi connectivity index (χ3n) is 5.18. The Bertz CT molecular complexity index is 1200. The molecule has 0 spiro atoms. The van der Waals surface area contributed by atoms with Crippen LogP contribution in [0.4, 0.5) is 15.8 Å². The maximum Gasteiger partial charge on any atom is 0.324 e. The van der Waals surface area contributed by atoms with E-state index in [-0.39, 0.29) is 4.90 Å². The minimum atomic E-state index is -4.13. The molecular formula is C22H24FN3O6S. The number of amides is 2. The molecule has 9 nitrogen and oxygen atoms in total. The second kappa shape index (κ2) is 8.91. The van der Waals surface area contributed by atoms with Crippen LogP contribution in [0, 0.1) is 5.82 Å². The van der Waals surface area contributed by atoms with Gasteiger partial charge in [0, 0.05) is 0 Å². The van der Waals surface area contributed by atoms with E-state index < -0.39 is 51.3 Å². The van der Waals surface area contributed by atoms with Crippen LogP contribution in [0.3, 0.4) is 0 Å². The Hall–Kier alpha value is -3.31. The van der Waals surface area contributed by atoms with Crippen LogP contribution < -0.4 is 14.9 Å². The molecule has 0 aromatic heterocycles. The highest BCUT2D eigenvalue weighted by Crippen LogP contribution is 2.37.